The number of aliphatic hydroxyl groups excluding tert-OH is 3. The monoisotopic (exact) mass is 601 g/mol. The fourth-order valence-corrected chi connectivity index (χ4v) is 4.13. The lowest BCUT2D eigenvalue weighted by Crippen LogP contribution is -2.25. The number of hydrogen-bond donors (Lipinski definition) is 3. The Morgan fingerprint density at radius 2 is 1.71 bits per heavy atom. The van der Waals surface area contributed by atoms with Crippen LogP contribution in [0.3, 0.4) is 0 Å². The Bertz CT molecular complexity index is 1060. The summed E-state index contributed by atoms with van der Waals surface area (Å²) < 4.78 is 13.8. The Labute approximate surface area is 217 Å². The summed E-state index contributed by atoms with van der Waals surface area (Å²) in [5.41, 5.74) is 2.50. The van der Waals surface area contributed by atoms with Gasteiger partial charge in [0.25, 0.3) is 0 Å². The van der Waals surface area contributed by atoms with Crippen molar-refractivity contribution in [3.8, 4) is 11.5 Å². The molecule has 3 rings (SSSR count). The summed E-state index contributed by atoms with van der Waals surface area (Å²) in [4.78, 5) is 0. The van der Waals surface area contributed by atoms with Crippen molar-refractivity contribution in [3.05, 3.63) is 69.1 Å². The third-order valence-electron chi connectivity index (χ3n) is 5.52. The molecular formula is C24H29ClIN3O5. The molecule has 0 saturated carbocycles. The van der Waals surface area contributed by atoms with Crippen LogP contribution < -0.4 is 9.47 Å². The minimum Gasteiger partial charge on any atom is -0.491 e. The molecule has 0 unspecified atom stereocenters. The molecule has 184 valence electrons. The molecule has 3 N–H and O–H groups in total. The zero-order valence-corrected chi connectivity index (χ0v) is 22.0. The number of hydrogen-bond acceptors (Lipinski definition) is 7. The highest BCUT2D eigenvalue weighted by atomic mass is 127. The predicted octanol–water partition coefficient (Wildman–Crippen LogP) is 3.12. The van der Waals surface area contributed by atoms with E-state index < -0.39 is 12.2 Å². The van der Waals surface area contributed by atoms with Crippen molar-refractivity contribution >= 4 is 34.2 Å². The van der Waals surface area contributed by atoms with Gasteiger partial charge in [-0.3, -0.25) is 0 Å². The highest BCUT2D eigenvalue weighted by molar-refractivity contribution is 14.1. The largest absolute Gasteiger partial charge is 0.491 e. The van der Waals surface area contributed by atoms with Gasteiger partial charge in [-0.05, 0) is 58.0 Å². The van der Waals surface area contributed by atoms with E-state index in [4.69, 9.17) is 21.1 Å². The fourth-order valence-electron chi connectivity index (χ4n) is 3.37. The first kappa shape index (κ1) is 26.7. The van der Waals surface area contributed by atoms with Crippen LogP contribution >= 0.6 is 34.2 Å². The number of rotatable bonds is 12. The second-order valence-corrected chi connectivity index (χ2v) is 9.91. The first-order valence-electron chi connectivity index (χ1n) is 10.8. The van der Waals surface area contributed by atoms with E-state index in [1.807, 2.05) is 36.4 Å². The first-order chi connectivity index (χ1) is 16.2. The van der Waals surface area contributed by atoms with E-state index in [-0.39, 0.29) is 37.7 Å². The van der Waals surface area contributed by atoms with E-state index in [2.05, 4.69) is 52.8 Å². The van der Waals surface area contributed by atoms with Crippen molar-refractivity contribution in [2.24, 2.45) is 0 Å². The molecule has 0 spiro atoms. The van der Waals surface area contributed by atoms with Crippen LogP contribution in [0.1, 0.15) is 30.7 Å². The average molecular weight is 602 g/mol. The van der Waals surface area contributed by atoms with E-state index in [1.54, 1.807) is 0 Å². The van der Waals surface area contributed by atoms with Gasteiger partial charge in [-0.25, -0.2) is 4.68 Å². The van der Waals surface area contributed by atoms with Crippen molar-refractivity contribution in [1.29, 1.82) is 0 Å². The van der Waals surface area contributed by atoms with Gasteiger partial charge in [0, 0.05) is 5.41 Å². The van der Waals surface area contributed by atoms with Crippen molar-refractivity contribution < 1.29 is 24.8 Å². The summed E-state index contributed by atoms with van der Waals surface area (Å²) in [7, 11) is 0. The Morgan fingerprint density at radius 3 is 2.35 bits per heavy atom. The molecular weight excluding hydrogens is 573 g/mol. The van der Waals surface area contributed by atoms with Gasteiger partial charge in [-0.1, -0.05) is 37.3 Å². The maximum atomic E-state index is 10.2. The lowest BCUT2D eigenvalue weighted by Gasteiger charge is -2.27. The molecule has 10 heteroatoms. The van der Waals surface area contributed by atoms with Crippen LogP contribution in [0.2, 0.25) is 0 Å². The molecule has 0 fully saturated rings. The number of aliphatic hydroxyl groups is 3. The molecule has 0 bridgehead atoms. The van der Waals surface area contributed by atoms with Crippen LogP contribution in [0.5, 0.6) is 11.5 Å². The summed E-state index contributed by atoms with van der Waals surface area (Å²) in [5.74, 6) is 1.49. The van der Waals surface area contributed by atoms with Gasteiger partial charge in [0.2, 0.25) is 0 Å². The normalized spacial score (nSPS) is 13.5. The zero-order valence-electron chi connectivity index (χ0n) is 19.1. The van der Waals surface area contributed by atoms with Crippen molar-refractivity contribution in [2.45, 2.75) is 44.6 Å². The Kier molecular flexibility index (Phi) is 9.55. The molecule has 3 aromatic rings. The van der Waals surface area contributed by atoms with Crippen LogP contribution in [-0.4, -0.2) is 61.6 Å². The molecule has 0 saturated heterocycles. The van der Waals surface area contributed by atoms with E-state index >= 15 is 0 Å². The van der Waals surface area contributed by atoms with Crippen LogP contribution in [0.25, 0.3) is 0 Å². The number of ether oxygens (including phenoxy) is 2. The molecule has 1 heterocycles. The molecule has 0 radical (unpaired) electrons. The van der Waals surface area contributed by atoms with Gasteiger partial charge < -0.3 is 24.8 Å². The fraction of sp³-hybridized carbons (Fsp3) is 0.417. The highest BCUT2D eigenvalue weighted by Gasteiger charge is 2.24. The average Bonchev–Trinajstić information content (AvgIpc) is 3.28. The van der Waals surface area contributed by atoms with Crippen molar-refractivity contribution in [2.75, 3.05) is 19.1 Å². The molecule has 0 aliphatic rings. The number of nitrogens with zero attached hydrogens (tertiary/aromatic N) is 3. The summed E-state index contributed by atoms with van der Waals surface area (Å²) in [6.07, 6.45) is -0.0331. The van der Waals surface area contributed by atoms with Gasteiger partial charge >= 0.3 is 0 Å². The quantitative estimate of drug-likeness (QED) is 0.216. The van der Waals surface area contributed by atoms with Crippen LogP contribution in [0.15, 0.2) is 48.7 Å². The summed E-state index contributed by atoms with van der Waals surface area (Å²) in [6, 6.07) is 13.8. The highest BCUT2D eigenvalue weighted by Crippen LogP contribution is 2.35. The van der Waals surface area contributed by atoms with Crippen LogP contribution in [-0.2, 0) is 18.6 Å². The van der Waals surface area contributed by atoms with Crippen molar-refractivity contribution in [3.63, 3.8) is 0 Å². The molecule has 0 amide bonds. The Hall–Kier alpha value is -1.92. The van der Waals surface area contributed by atoms with Gasteiger partial charge in [-0.15, -0.1) is 16.7 Å². The third-order valence-corrected chi connectivity index (χ3v) is 6.72. The van der Waals surface area contributed by atoms with Crippen LogP contribution in [0, 0.1) is 3.57 Å². The Balaban J connectivity index is 1.61. The Morgan fingerprint density at radius 1 is 1.03 bits per heavy atom. The van der Waals surface area contributed by atoms with E-state index in [0.717, 1.165) is 14.7 Å². The maximum Gasteiger partial charge on any atom is 0.132 e. The molecule has 1 aromatic heterocycles. The number of halogens is 2. The number of benzene rings is 2. The summed E-state index contributed by atoms with van der Waals surface area (Å²) in [6.45, 7) is 4.53. The molecule has 2 aromatic carbocycles. The van der Waals surface area contributed by atoms with Gasteiger partial charge in [0.05, 0.1) is 34.5 Å². The van der Waals surface area contributed by atoms with Crippen LogP contribution in [0.4, 0.5) is 0 Å². The smallest absolute Gasteiger partial charge is 0.132 e. The standard InChI is InChI=1S/C24H29ClIN3O5/c1-24(2,17-5-8-23(22(26)9-17)34-14-19(31)10-25)16-3-6-21(7-4-16)33-15-20(32)12-29-18(13-30)11-27-28-29/h3-9,11,19-20,30-32H,10,12-15H2,1-2H3/t19-,20-/m1/s1. The first-order valence-corrected chi connectivity index (χ1v) is 12.4. The lowest BCUT2D eigenvalue weighted by molar-refractivity contribution is 0.0866. The van der Waals surface area contributed by atoms with Gasteiger partial charge in [0.1, 0.15) is 36.9 Å². The topological polar surface area (TPSA) is 110 Å². The minimum absolute atomic E-state index is 0.0888. The lowest BCUT2D eigenvalue weighted by atomic mass is 9.78. The molecule has 8 nitrogen and oxygen atoms in total. The molecule has 2 atom stereocenters. The molecule has 0 aliphatic carbocycles. The minimum atomic E-state index is -0.795. The molecule has 0 aliphatic heterocycles. The second kappa shape index (κ2) is 12.2. The number of aromatic nitrogens is 3. The van der Waals surface area contributed by atoms with Crippen molar-refractivity contribution in [1.82, 2.24) is 15.0 Å². The third kappa shape index (κ3) is 6.82. The molecule has 34 heavy (non-hydrogen) atoms. The van der Waals surface area contributed by atoms with E-state index in [9.17, 15) is 15.3 Å². The SMILES string of the molecule is CC(C)(c1ccc(OC[C@H](O)Cn2nncc2CO)cc1)c1ccc(OC[C@H](O)CCl)c(I)c1. The van der Waals surface area contributed by atoms with Gasteiger partial charge in [0.15, 0.2) is 0 Å². The predicted molar refractivity (Wildman–Crippen MR) is 137 cm³/mol. The van der Waals surface area contributed by atoms with E-state index in [0.29, 0.717) is 17.2 Å². The maximum absolute atomic E-state index is 10.2. The summed E-state index contributed by atoms with van der Waals surface area (Å²) in [5, 5.41) is 36.7. The summed E-state index contributed by atoms with van der Waals surface area (Å²) >= 11 is 7.86. The van der Waals surface area contributed by atoms with Gasteiger partial charge in [-0.2, -0.15) is 0 Å². The van der Waals surface area contributed by atoms with E-state index in [1.165, 1.54) is 10.9 Å². The second-order valence-electron chi connectivity index (χ2n) is 8.44. The number of alkyl halides is 1. The zero-order chi connectivity index (χ0) is 24.7.